The molecule has 26 heavy (non-hydrogen) atoms. The fourth-order valence-electron chi connectivity index (χ4n) is 2.64. The van der Waals surface area contributed by atoms with Crippen molar-refractivity contribution in [2.24, 2.45) is 0 Å². The lowest BCUT2D eigenvalue weighted by molar-refractivity contribution is -0.161. The van der Waals surface area contributed by atoms with Crippen molar-refractivity contribution in [1.29, 1.82) is 0 Å². The van der Waals surface area contributed by atoms with Crippen LogP contribution in [0.25, 0.3) is 11.5 Å². The summed E-state index contributed by atoms with van der Waals surface area (Å²) in [5.74, 6) is -0.231. The Balaban J connectivity index is 1.52. The molecule has 0 saturated heterocycles. The highest BCUT2D eigenvalue weighted by Gasteiger charge is 2.27. The number of benzene rings is 1. The summed E-state index contributed by atoms with van der Waals surface area (Å²) < 4.78 is 10.9. The number of hydrogen-bond donors (Lipinski definition) is 1. The first-order valence-corrected chi connectivity index (χ1v) is 9.36. The van der Waals surface area contributed by atoms with Crippen LogP contribution in [-0.4, -0.2) is 28.3 Å². The quantitative estimate of drug-likeness (QED) is 0.533. The van der Waals surface area contributed by atoms with Gasteiger partial charge in [0.15, 0.2) is 5.60 Å². The second kappa shape index (κ2) is 10.1. The van der Waals surface area contributed by atoms with Crippen molar-refractivity contribution in [1.82, 2.24) is 4.98 Å². The van der Waals surface area contributed by atoms with Crippen LogP contribution in [0.1, 0.15) is 58.1 Å². The predicted molar refractivity (Wildman–Crippen MR) is 101 cm³/mol. The first kappa shape index (κ1) is 20.2. The molecule has 0 aliphatic heterocycles. The van der Waals surface area contributed by atoms with Gasteiger partial charge in [0.25, 0.3) is 0 Å². The Kier molecular flexibility index (Phi) is 7.85. The molecule has 1 heterocycles. The van der Waals surface area contributed by atoms with E-state index < -0.39 is 11.6 Å². The third-order valence-corrected chi connectivity index (χ3v) is 4.38. The minimum Gasteiger partial charge on any atom is -0.479 e. The number of aromatic nitrogens is 1. The molecule has 0 atom stereocenters. The van der Waals surface area contributed by atoms with E-state index in [1.165, 1.54) is 6.42 Å². The Morgan fingerprint density at radius 3 is 2.42 bits per heavy atom. The van der Waals surface area contributed by atoms with Crippen LogP contribution in [0, 0.1) is 0 Å². The third-order valence-electron chi connectivity index (χ3n) is 4.38. The molecule has 0 amide bonds. The van der Waals surface area contributed by atoms with Crippen LogP contribution in [0.5, 0.6) is 0 Å². The van der Waals surface area contributed by atoms with Crippen molar-refractivity contribution in [3.63, 3.8) is 0 Å². The van der Waals surface area contributed by atoms with E-state index in [0.717, 1.165) is 49.8 Å². The average molecular weight is 359 g/mol. The molecule has 0 aliphatic rings. The summed E-state index contributed by atoms with van der Waals surface area (Å²) in [5, 5.41) is 8.96. The largest absolute Gasteiger partial charge is 0.479 e. The van der Waals surface area contributed by atoms with Crippen LogP contribution in [0.4, 0.5) is 0 Å². The predicted octanol–water partition coefficient (Wildman–Crippen LogP) is 5.10. The van der Waals surface area contributed by atoms with Crippen LogP contribution < -0.4 is 0 Å². The van der Waals surface area contributed by atoms with Gasteiger partial charge in [0, 0.05) is 12.2 Å². The van der Waals surface area contributed by atoms with Crippen LogP contribution in [0.3, 0.4) is 0 Å². The zero-order chi connectivity index (χ0) is 18.8. The number of unbranched alkanes of at least 4 members (excludes halogenated alkanes) is 5. The van der Waals surface area contributed by atoms with Crippen molar-refractivity contribution in [3.05, 3.63) is 42.3 Å². The fourth-order valence-corrected chi connectivity index (χ4v) is 2.64. The number of aryl methyl sites for hydroxylation is 1. The molecule has 142 valence electrons. The van der Waals surface area contributed by atoms with Crippen molar-refractivity contribution < 1.29 is 19.1 Å². The molecular formula is C21H29NO4. The van der Waals surface area contributed by atoms with Gasteiger partial charge in [-0.3, -0.25) is 0 Å². The van der Waals surface area contributed by atoms with Crippen LogP contribution >= 0.6 is 0 Å². The van der Waals surface area contributed by atoms with Gasteiger partial charge in [-0.2, -0.15) is 0 Å². The lowest BCUT2D eigenvalue weighted by Crippen LogP contribution is -2.35. The summed E-state index contributed by atoms with van der Waals surface area (Å²) >= 11 is 0. The van der Waals surface area contributed by atoms with E-state index in [9.17, 15) is 4.79 Å². The van der Waals surface area contributed by atoms with Gasteiger partial charge in [0.2, 0.25) is 5.89 Å². The molecule has 5 heteroatoms. The summed E-state index contributed by atoms with van der Waals surface area (Å²) in [4.78, 5) is 15.5. The van der Waals surface area contributed by atoms with E-state index in [4.69, 9.17) is 14.3 Å². The molecule has 0 bridgehead atoms. The molecule has 0 radical (unpaired) electrons. The normalized spacial score (nSPS) is 11.6. The van der Waals surface area contributed by atoms with E-state index in [1.807, 2.05) is 30.3 Å². The maximum Gasteiger partial charge on any atom is 0.335 e. The molecule has 1 N–H and O–H groups in total. The van der Waals surface area contributed by atoms with Gasteiger partial charge in [-0.25, -0.2) is 9.78 Å². The smallest absolute Gasteiger partial charge is 0.335 e. The van der Waals surface area contributed by atoms with E-state index in [-0.39, 0.29) is 0 Å². The lowest BCUT2D eigenvalue weighted by Gasteiger charge is -2.19. The summed E-state index contributed by atoms with van der Waals surface area (Å²) in [5.41, 5.74) is 0.927. The Morgan fingerprint density at radius 1 is 1.08 bits per heavy atom. The molecule has 0 saturated carbocycles. The second-order valence-corrected chi connectivity index (χ2v) is 7.05. The number of carboxylic acid groups (broad SMARTS) is 1. The molecule has 0 unspecified atom stereocenters. The van der Waals surface area contributed by atoms with Gasteiger partial charge in [-0.05, 0) is 45.2 Å². The van der Waals surface area contributed by atoms with E-state index in [1.54, 1.807) is 20.1 Å². The van der Waals surface area contributed by atoms with Crippen LogP contribution in [0.2, 0.25) is 0 Å². The zero-order valence-electron chi connectivity index (χ0n) is 15.7. The maximum atomic E-state index is 10.9. The standard InChI is InChI=1S/C21H29NO4/c1-21(2,20(23)24)26-15-11-6-4-3-5-10-14-18-16-25-19(22-18)17-12-8-7-9-13-17/h7-9,12-13,16H,3-6,10-11,14-15H2,1-2H3,(H,23,24). The summed E-state index contributed by atoms with van der Waals surface area (Å²) in [6.07, 6.45) is 9.24. The molecule has 2 rings (SSSR count). The third kappa shape index (κ3) is 6.64. The highest BCUT2D eigenvalue weighted by molar-refractivity contribution is 5.76. The van der Waals surface area contributed by atoms with Crippen molar-refractivity contribution >= 4 is 5.97 Å². The minimum absolute atomic E-state index is 0.500. The number of carbonyl (C=O) groups is 1. The van der Waals surface area contributed by atoms with Crippen molar-refractivity contribution in [2.75, 3.05) is 6.61 Å². The van der Waals surface area contributed by atoms with Gasteiger partial charge < -0.3 is 14.3 Å². The number of aliphatic carboxylic acids is 1. The van der Waals surface area contributed by atoms with E-state index >= 15 is 0 Å². The molecule has 0 aliphatic carbocycles. The number of carboxylic acids is 1. The monoisotopic (exact) mass is 359 g/mol. The van der Waals surface area contributed by atoms with Crippen LogP contribution in [-0.2, 0) is 16.0 Å². The van der Waals surface area contributed by atoms with Crippen LogP contribution in [0.15, 0.2) is 41.0 Å². The number of nitrogens with zero attached hydrogens (tertiary/aromatic N) is 1. The Labute approximate surface area is 155 Å². The van der Waals surface area contributed by atoms with Gasteiger partial charge in [0.1, 0.15) is 6.26 Å². The average Bonchev–Trinajstić information content (AvgIpc) is 3.10. The summed E-state index contributed by atoms with van der Waals surface area (Å²) in [6, 6.07) is 9.93. The summed E-state index contributed by atoms with van der Waals surface area (Å²) in [6.45, 7) is 3.67. The fraction of sp³-hybridized carbons (Fsp3) is 0.524. The highest BCUT2D eigenvalue weighted by Crippen LogP contribution is 2.19. The maximum absolute atomic E-state index is 10.9. The zero-order valence-corrected chi connectivity index (χ0v) is 15.7. The van der Waals surface area contributed by atoms with Gasteiger partial charge in [0.05, 0.1) is 5.69 Å². The van der Waals surface area contributed by atoms with Gasteiger partial charge in [-0.1, -0.05) is 43.9 Å². The Bertz CT molecular complexity index is 664. The van der Waals surface area contributed by atoms with E-state index in [0.29, 0.717) is 12.5 Å². The SMILES string of the molecule is CC(C)(OCCCCCCCCc1coc(-c2ccccc2)n1)C(=O)O. The Hall–Kier alpha value is -2.14. The molecule has 0 fully saturated rings. The van der Waals surface area contributed by atoms with Gasteiger partial charge in [-0.15, -0.1) is 0 Å². The number of rotatable bonds is 12. The second-order valence-electron chi connectivity index (χ2n) is 7.05. The minimum atomic E-state index is -1.09. The highest BCUT2D eigenvalue weighted by atomic mass is 16.5. The molecule has 1 aromatic heterocycles. The number of hydrogen-bond acceptors (Lipinski definition) is 4. The lowest BCUT2D eigenvalue weighted by atomic mass is 10.1. The Morgan fingerprint density at radius 2 is 1.73 bits per heavy atom. The summed E-state index contributed by atoms with van der Waals surface area (Å²) in [7, 11) is 0. The molecule has 5 nitrogen and oxygen atoms in total. The molecule has 0 spiro atoms. The topological polar surface area (TPSA) is 72.6 Å². The van der Waals surface area contributed by atoms with Crippen molar-refractivity contribution in [2.45, 2.75) is 64.4 Å². The number of oxazole rings is 1. The van der Waals surface area contributed by atoms with Crippen molar-refractivity contribution in [3.8, 4) is 11.5 Å². The molecular weight excluding hydrogens is 330 g/mol. The number of ether oxygens (including phenoxy) is 1. The molecule has 2 aromatic rings. The molecule has 1 aromatic carbocycles. The first-order valence-electron chi connectivity index (χ1n) is 9.36. The van der Waals surface area contributed by atoms with E-state index in [2.05, 4.69) is 4.98 Å². The first-order chi connectivity index (χ1) is 12.5. The van der Waals surface area contributed by atoms with Gasteiger partial charge >= 0.3 is 5.97 Å².